The number of aliphatic hydroxyl groups is 1. The molecular formula is C12H13ClIN3O. The first kappa shape index (κ1) is 13.6. The first-order valence-electron chi connectivity index (χ1n) is 5.49. The molecule has 1 aromatic carbocycles. The number of nitrogens with zero attached hydrogens (tertiary/aromatic N) is 2. The Bertz CT molecular complexity index is 504. The molecule has 0 aliphatic rings. The molecule has 0 amide bonds. The lowest BCUT2D eigenvalue weighted by Crippen LogP contribution is -2.25. The smallest absolute Gasteiger partial charge is 0.0907 e. The molecular weight excluding hydrogens is 365 g/mol. The van der Waals surface area contributed by atoms with Crippen molar-refractivity contribution in [1.82, 2.24) is 9.78 Å². The molecule has 2 rings (SSSR count). The van der Waals surface area contributed by atoms with E-state index in [1.165, 1.54) is 0 Å². The fourth-order valence-electron chi connectivity index (χ4n) is 1.55. The molecule has 1 unspecified atom stereocenters. The van der Waals surface area contributed by atoms with Crippen molar-refractivity contribution < 1.29 is 5.11 Å². The van der Waals surface area contributed by atoms with Gasteiger partial charge in [0.05, 0.1) is 23.4 Å². The van der Waals surface area contributed by atoms with E-state index >= 15 is 0 Å². The Morgan fingerprint density at radius 1 is 1.50 bits per heavy atom. The molecule has 0 fully saturated rings. The van der Waals surface area contributed by atoms with Crippen LogP contribution in [0.3, 0.4) is 0 Å². The van der Waals surface area contributed by atoms with Crippen molar-refractivity contribution in [3.05, 3.63) is 45.3 Å². The summed E-state index contributed by atoms with van der Waals surface area (Å²) in [6.07, 6.45) is 3.00. The van der Waals surface area contributed by atoms with E-state index in [1.54, 1.807) is 10.9 Å². The van der Waals surface area contributed by atoms with E-state index in [0.717, 1.165) is 9.26 Å². The molecule has 2 aromatic rings. The second kappa shape index (κ2) is 6.40. The van der Waals surface area contributed by atoms with Gasteiger partial charge in [-0.2, -0.15) is 5.10 Å². The van der Waals surface area contributed by atoms with Crippen molar-refractivity contribution in [3.8, 4) is 0 Å². The summed E-state index contributed by atoms with van der Waals surface area (Å²) in [6.45, 7) is 0.891. The largest absolute Gasteiger partial charge is 0.389 e. The molecule has 1 aromatic heterocycles. The van der Waals surface area contributed by atoms with Crippen molar-refractivity contribution in [2.45, 2.75) is 12.6 Å². The molecule has 2 N–H and O–H groups in total. The monoisotopic (exact) mass is 377 g/mol. The molecule has 0 radical (unpaired) electrons. The van der Waals surface area contributed by atoms with E-state index in [2.05, 4.69) is 33.0 Å². The van der Waals surface area contributed by atoms with Gasteiger partial charge < -0.3 is 10.4 Å². The van der Waals surface area contributed by atoms with Gasteiger partial charge in [0.25, 0.3) is 0 Å². The number of hydrogen-bond donors (Lipinski definition) is 2. The summed E-state index contributed by atoms with van der Waals surface area (Å²) in [5, 5.41) is 17.7. The molecule has 0 bridgehead atoms. The standard InChI is InChI=1S/C12H13ClIN3O/c13-11-6-9(14)2-3-12(11)15-7-10(18)8-17-5-1-4-16-17/h1-6,10,15,18H,7-8H2. The maximum Gasteiger partial charge on any atom is 0.0907 e. The van der Waals surface area contributed by atoms with Gasteiger partial charge in [0.15, 0.2) is 0 Å². The van der Waals surface area contributed by atoms with Gasteiger partial charge in [0.1, 0.15) is 0 Å². The lowest BCUT2D eigenvalue weighted by Gasteiger charge is -2.14. The molecule has 0 saturated heterocycles. The highest BCUT2D eigenvalue weighted by molar-refractivity contribution is 14.1. The fourth-order valence-corrected chi connectivity index (χ4v) is 2.47. The molecule has 0 saturated carbocycles. The van der Waals surface area contributed by atoms with Crippen molar-refractivity contribution in [2.75, 3.05) is 11.9 Å². The van der Waals surface area contributed by atoms with Gasteiger partial charge in [-0.3, -0.25) is 4.68 Å². The quantitative estimate of drug-likeness (QED) is 0.788. The van der Waals surface area contributed by atoms with Crippen LogP contribution in [0.1, 0.15) is 0 Å². The lowest BCUT2D eigenvalue weighted by atomic mass is 10.3. The van der Waals surface area contributed by atoms with Crippen molar-refractivity contribution in [2.24, 2.45) is 0 Å². The van der Waals surface area contributed by atoms with Crippen molar-refractivity contribution in [3.63, 3.8) is 0 Å². The average Bonchev–Trinajstić information content (AvgIpc) is 2.80. The third-order valence-corrected chi connectivity index (χ3v) is 3.40. The third-order valence-electron chi connectivity index (χ3n) is 2.42. The Hall–Kier alpha value is -0.790. The summed E-state index contributed by atoms with van der Waals surface area (Å²) in [5.74, 6) is 0. The summed E-state index contributed by atoms with van der Waals surface area (Å²) in [6, 6.07) is 7.58. The summed E-state index contributed by atoms with van der Waals surface area (Å²) in [7, 11) is 0. The van der Waals surface area contributed by atoms with E-state index in [-0.39, 0.29) is 0 Å². The number of aromatic nitrogens is 2. The zero-order valence-electron chi connectivity index (χ0n) is 9.55. The average molecular weight is 378 g/mol. The van der Waals surface area contributed by atoms with Gasteiger partial charge in [-0.25, -0.2) is 0 Å². The number of benzene rings is 1. The van der Waals surface area contributed by atoms with Crippen molar-refractivity contribution >= 4 is 39.9 Å². The van der Waals surface area contributed by atoms with Gasteiger partial charge in [-0.15, -0.1) is 0 Å². The van der Waals surface area contributed by atoms with Crippen LogP contribution in [0.25, 0.3) is 0 Å². The molecule has 0 aliphatic heterocycles. The molecule has 4 nitrogen and oxygen atoms in total. The highest BCUT2D eigenvalue weighted by Gasteiger charge is 2.07. The molecule has 18 heavy (non-hydrogen) atoms. The van der Waals surface area contributed by atoms with Crippen LogP contribution >= 0.6 is 34.2 Å². The summed E-state index contributed by atoms with van der Waals surface area (Å²) >= 11 is 8.29. The van der Waals surface area contributed by atoms with E-state index in [1.807, 2.05) is 30.5 Å². The van der Waals surface area contributed by atoms with Gasteiger partial charge in [0, 0.05) is 22.5 Å². The first-order valence-corrected chi connectivity index (χ1v) is 6.95. The maximum absolute atomic E-state index is 9.86. The number of aliphatic hydroxyl groups excluding tert-OH is 1. The minimum atomic E-state index is -0.514. The molecule has 1 atom stereocenters. The predicted octanol–water partition coefficient (Wildman–Crippen LogP) is 2.61. The Kier molecular flexibility index (Phi) is 4.85. The van der Waals surface area contributed by atoms with E-state index < -0.39 is 6.10 Å². The predicted molar refractivity (Wildman–Crippen MR) is 80.9 cm³/mol. The fraction of sp³-hybridized carbons (Fsp3) is 0.250. The van der Waals surface area contributed by atoms with Crippen LogP contribution in [-0.2, 0) is 6.54 Å². The Morgan fingerprint density at radius 3 is 3.00 bits per heavy atom. The van der Waals surface area contributed by atoms with Gasteiger partial charge >= 0.3 is 0 Å². The highest BCUT2D eigenvalue weighted by Crippen LogP contribution is 2.23. The van der Waals surface area contributed by atoms with Crippen LogP contribution in [0.15, 0.2) is 36.7 Å². The summed E-state index contributed by atoms with van der Waals surface area (Å²) < 4.78 is 2.78. The second-order valence-electron chi connectivity index (χ2n) is 3.89. The minimum Gasteiger partial charge on any atom is -0.389 e. The zero-order valence-corrected chi connectivity index (χ0v) is 12.5. The Morgan fingerprint density at radius 2 is 2.33 bits per heavy atom. The van der Waals surface area contributed by atoms with Crippen LogP contribution in [0, 0.1) is 3.57 Å². The number of hydrogen-bond acceptors (Lipinski definition) is 3. The zero-order chi connectivity index (χ0) is 13.0. The highest BCUT2D eigenvalue weighted by atomic mass is 127. The number of anilines is 1. The molecule has 6 heteroatoms. The van der Waals surface area contributed by atoms with Crippen molar-refractivity contribution in [1.29, 1.82) is 0 Å². The van der Waals surface area contributed by atoms with E-state index in [9.17, 15) is 5.11 Å². The third kappa shape index (κ3) is 3.86. The second-order valence-corrected chi connectivity index (χ2v) is 5.54. The number of nitrogens with one attached hydrogen (secondary N) is 1. The molecule has 1 heterocycles. The van der Waals surface area contributed by atoms with Gasteiger partial charge in [-0.1, -0.05) is 11.6 Å². The van der Waals surface area contributed by atoms with Gasteiger partial charge in [-0.05, 0) is 46.9 Å². The topological polar surface area (TPSA) is 50.1 Å². The number of halogens is 2. The van der Waals surface area contributed by atoms with E-state index in [4.69, 9.17) is 11.6 Å². The Labute approximate surface area is 124 Å². The first-order chi connectivity index (χ1) is 8.65. The van der Waals surface area contributed by atoms with E-state index in [0.29, 0.717) is 18.1 Å². The minimum absolute atomic E-state index is 0.431. The van der Waals surface area contributed by atoms with Gasteiger partial charge in [0.2, 0.25) is 0 Å². The SMILES string of the molecule is OC(CNc1ccc(I)cc1Cl)Cn1cccn1. The van der Waals surface area contributed by atoms with Crippen LogP contribution in [0.2, 0.25) is 5.02 Å². The van der Waals surface area contributed by atoms with Crippen LogP contribution in [0.4, 0.5) is 5.69 Å². The molecule has 0 spiro atoms. The van der Waals surface area contributed by atoms with Crippen LogP contribution in [0.5, 0.6) is 0 Å². The Balaban J connectivity index is 1.87. The molecule has 96 valence electrons. The maximum atomic E-state index is 9.86. The lowest BCUT2D eigenvalue weighted by molar-refractivity contribution is 0.161. The normalized spacial score (nSPS) is 12.4. The number of rotatable bonds is 5. The molecule has 0 aliphatic carbocycles. The van der Waals surface area contributed by atoms with Crippen LogP contribution < -0.4 is 5.32 Å². The van der Waals surface area contributed by atoms with Crippen LogP contribution in [-0.4, -0.2) is 27.5 Å². The summed E-state index contributed by atoms with van der Waals surface area (Å²) in [4.78, 5) is 0. The summed E-state index contributed by atoms with van der Waals surface area (Å²) in [5.41, 5.74) is 0.830.